The minimum atomic E-state index is 0.133. The first kappa shape index (κ1) is 14.3. The number of ether oxygens (including phenoxy) is 1. The van der Waals surface area contributed by atoms with Gasteiger partial charge in [-0.05, 0) is 31.7 Å². The van der Waals surface area contributed by atoms with Crippen molar-refractivity contribution in [1.29, 1.82) is 0 Å². The van der Waals surface area contributed by atoms with E-state index in [4.69, 9.17) is 4.74 Å². The third kappa shape index (κ3) is 3.74. The van der Waals surface area contributed by atoms with E-state index in [9.17, 15) is 0 Å². The second-order valence-corrected chi connectivity index (χ2v) is 6.03. The number of hydrogen-bond donors (Lipinski definition) is 1. The van der Waals surface area contributed by atoms with Gasteiger partial charge in [0.05, 0.1) is 12.6 Å². The quantitative estimate of drug-likeness (QED) is 0.846. The largest absolute Gasteiger partial charge is 0.384 e. The number of rotatable bonds is 7. The van der Waals surface area contributed by atoms with Crippen molar-refractivity contribution < 1.29 is 4.74 Å². The summed E-state index contributed by atoms with van der Waals surface area (Å²) in [6.07, 6.45) is 4.98. The third-order valence-electron chi connectivity index (χ3n) is 3.46. The van der Waals surface area contributed by atoms with E-state index in [1.807, 2.05) is 19.2 Å². The van der Waals surface area contributed by atoms with E-state index in [0.29, 0.717) is 12.5 Å². The van der Waals surface area contributed by atoms with Crippen LogP contribution in [0.25, 0.3) is 0 Å². The fourth-order valence-electron chi connectivity index (χ4n) is 2.18. The maximum atomic E-state index is 5.05. The summed E-state index contributed by atoms with van der Waals surface area (Å²) in [7, 11) is 1.68. The Kier molecular flexibility index (Phi) is 4.40. The molecule has 1 aliphatic rings. The summed E-state index contributed by atoms with van der Waals surface area (Å²) in [6.45, 7) is 2.63. The summed E-state index contributed by atoms with van der Waals surface area (Å²) in [5, 5.41) is 4.30. The average molecular weight is 305 g/mol. The zero-order valence-corrected chi connectivity index (χ0v) is 13.1. The molecule has 0 aromatic carbocycles. The molecular formula is C14H19N5OS. The number of aryl methyl sites for hydroxylation is 1. The molecule has 7 heteroatoms. The van der Waals surface area contributed by atoms with Crippen molar-refractivity contribution in [3.8, 4) is 0 Å². The van der Waals surface area contributed by atoms with Gasteiger partial charge >= 0.3 is 0 Å². The van der Waals surface area contributed by atoms with Crippen molar-refractivity contribution in [3.05, 3.63) is 29.6 Å². The fraction of sp³-hybridized carbons (Fsp3) is 0.571. The van der Waals surface area contributed by atoms with E-state index in [1.165, 1.54) is 24.4 Å². The molecule has 0 saturated heterocycles. The molecule has 1 fully saturated rings. The second kappa shape index (κ2) is 6.44. The van der Waals surface area contributed by atoms with Crippen molar-refractivity contribution in [1.82, 2.24) is 19.3 Å². The molecule has 0 aliphatic heterocycles. The SMILES string of the molecule is COCCc1nsc(NC(c2nccc(C)n2)C2CC2)n1. The lowest BCUT2D eigenvalue weighted by molar-refractivity contribution is 0.201. The van der Waals surface area contributed by atoms with Gasteiger partial charge in [0.1, 0.15) is 5.82 Å². The lowest BCUT2D eigenvalue weighted by Crippen LogP contribution is -2.16. The number of anilines is 1. The van der Waals surface area contributed by atoms with Crippen LogP contribution in [0.3, 0.4) is 0 Å². The van der Waals surface area contributed by atoms with Crippen LogP contribution < -0.4 is 5.32 Å². The molecule has 1 atom stereocenters. The highest BCUT2D eigenvalue weighted by molar-refractivity contribution is 7.09. The van der Waals surface area contributed by atoms with E-state index in [2.05, 4.69) is 24.6 Å². The predicted octanol–water partition coefficient (Wildman–Crippen LogP) is 2.39. The summed E-state index contributed by atoms with van der Waals surface area (Å²) < 4.78 is 9.40. The van der Waals surface area contributed by atoms with Gasteiger partial charge in [0, 0.05) is 37.0 Å². The smallest absolute Gasteiger partial charge is 0.203 e. The number of aromatic nitrogens is 4. The number of hydrogen-bond acceptors (Lipinski definition) is 7. The molecule has 6 nitrogen and oxygen atoms in total. The molecule has 1 saturated carbocycles. The van der Waals surface area contributed by atoms with Gasteiger partial charge in [-0.15, -0.1) is 0 Å². The van der Waals surface area contributed by atoms with Crippen LogP contribution in [0.5, 0.6) is 0 Å². The molecule has 112 valence electrons. The van der Waals surface area contributed by atoms with Gasteiger partial charge < -0.3 is 10.1 Å². The van der Waals surface area contributed by atoms with Crippen LogP contribution in [0.1, 0.15) is 36.2 Å². The van der Waals surface area contributed by atoms with Gasteiger partial charge in [-0.1, -0.05) is 0 Å². The summed E-state index contributed by atoms with van der Waals surface area (Å²) in [4.78, 5) is 13.5. The summed E-state index contributed by atoms with van der Waals surface area (Å²) in [5.41, 5.74) is 0.991. The van der Waals surface area contributed by atoms with E-state index in [-0.39, 0.29) is 6.04 Å². The molecule has 1 N–H and O–H groups in total. The van der Waals surface area contributed by atoms with Gasteiger partial charge in [0.15, 0.2) is 5.82 Å². The molecule has 2 aromatic heterocycles. The van der Waals surface area contributed by atoms with Crippen LogP contribution in [0.15, 0.2) is 12.3 Å². The molecule has 2 heterocycles. The van der Waals surface area contributed by atoms with E-state index in [1.54, 1.807) is 7.11 Å². The van der Waals surface area contributed by atoms with Crippen LogP contribution in [0, 0.1) is 12.8 Å². The molecular weight excluding hydrogens is 286 g/mol. The van der Waals surface area contributed by atoms with Gasteiger partial charge in [0.25, 0.3) is 0 Å². The molecule has 1 aliphatic carbocycles. The monoisotopic (exact) mass is 305 g/mol. The molecule has 0 amide bonds. The standard InChI is InChI=1S/C14H19N5OS/c1-9-5-7-15-13(16-9)12(10-3-4-10)18-14-17-11(19-21-14)6-8-20-2/h5,7,10,12H,3-4,6,8H2,1-2H3,(H,17,18,19). The highest BCUT2D eigenvalue weighted by Gasteiger charge is 2.34. The minimum Gasteiger partial charge on any atom is -0.384 e. The summed E-state index contributed by atoms with van der Waals surface area (Å²) in [5.74, 6) is 2.27. The Hall–Kier alpha value is -1.60. The second-order valence-electron chi connectivity index (χ2n) is 5.27. The molecule has 2 aromatic rings. The molecule has 0 bridgehead atoms. The molecule has 1 unspecified atom stereocenters. The fourth-order valence-corrected chi connectivity index (χ4v) is 2.83. The first-order chi connectivity index (χ1) is 10.3. The highest BCUT2D eigenvalue weighted by atomic mass is 32.1. The summed E-state index contributed by atoms with van der Waals surface area (Å²) >= 11 is 1.39. The zero-order valence-electron chi connectivity index (χ0n) is 12.2. The zero-order chi connectivity index (χ0) is 14.7. The van der Waals surface area contributed by atoms with E-state index in [0.717, 1.165) is 28.9 Å². The van der Waals surface area contributed by atoms with Gasteiger partial charge in [-0.25, -0.2) is 15.0 Å². The van der Waals surface area contributed by atoms with Crippen molar-refractivity contribution in [2.75, 3.05) is 19.0 Å². The number of methoxy groups -OCH3 is 1. The minimum absolute atomic E-state index is 0.133. The van der Waals surface area contributed by atoms with Crippen molar-refractivity contribution in [2.45, 2.75) is 32.2 Å². The summed E-state index contributed by atoms with van der Waals surface area (Å²) in [6, 6.07) is 2.05. The van der Waals surface area contributed by atoms with Crippen LogP contribution in [-0.2, 0) is 11.2 Å². The van der Waals surface area contributed by atoms with Crippen LogP contribution in [-0.4, -0.2) is 33.0 Å². The topological polar surface area (TPSA) is 72.8 Å². The molecule has 0 radical (unpaired) electrons. The van der Waals surface area contributed by atoms with Crippen molar-refractivity contribution in [3.63, 3.8) is 0 Å². The molecule has 21 heavy (non-hydrogen) atoms. The van der Waals surface area contributed by atoms with E-state index < -0.39 is 0 Å². The Morgan fingerprint density at radius 2 is 2.29 bits per heavy atom. The maximum Gasteiger partial charge on any atom is 0.203 e. The Labute approximate surface area is 128 Å². The van der Waals surface area contributed by atoms with Crippen LogP contribution >= 0.6 is 11.5 Å². The van der Waals surface area contributed by atoms with Crippen LogP contribution in [0.2, 0.25) is 0 Å². The Balaban J connectivity index is 1.72. The first-order valence-corrected chi connectivity index (χ1v) is 7.91. The lowest BCUT2D eigenvalue weighted by atomic mass is 10.1. The van der Waals surface area contributed by atoms with E-state index >= 15 is 0 Å². The average Bonchev–Trinajstić information content (AvgIpc) is 3.22. The van der Waals surface area contributed by atoms with Crippen molar-refractivity contribution in [2.24, 2.45) is 5.92 Å². The molecule has 0 spiro atoms. The third-order valence-corrected chi connectivity index (χ3v) is 4.15. The highest BCUT2D eigenvalue weighted by Crippen LogP contribution is 2.41. The maximum absolute atomic E-state index is 5.05. The van der Waals surface area contributed by atoms with Gasteiger partial charge in [-0.2, -0.15) is 4.37 Å². The number of nitrogens with one attached hydrogen (secondary N) is 1. The lowest BCUT2D eigenvalue weighted by Gasteiger charge is -2.15. The van der Waals surface area contributed by atoms with Crippen LogP contribution in [0.4, 0.5) is 5.13 Å². The van der Waals surface area contributed by atoms with Crippen molar-refractivity contribution >= 4 is 16.7 Å². The Morgan fingerprint density at radius 1 is 1.43 bits per heavy atom. The molecule has 3 rings (SSSR count). The Morgan fingerprint density at radius 3 is 3.00 bits per heavy atom. The Bertz CT molecular complexity index is 599. The number of nitrogens with zero attached hydrogens (tertiary/aromatic N) is 4. The normalized spacial score (nSPS) is 15.9. The van der Waals surface area contributed by atoms with Gasteiger partial charge in [0.2, 0.25) is 5.13 Å². The first-order valence-electron chi connectivity index (χ1n) is 7.14. The van der Waals surface area contributed by atoms with Gasteiger partial charge in [-0.3, -0.25) is 0 Å². The predicted molar refractivity (Wildman–Crippen MR) is 81.3 cm³/mol.